The first-order valence-corrected chi connectivity index (χ1v) is 8.97. The zero-order valence-corrected chi connectivity index (χ0v) is 14.5. The summed E-state index contributed by atoms with van der Waals surface area (Å²) >= 11 is 11.6. The van der Waals surface area contributed by atoms with Crippen molar-refractivity contribution in [2.24, 2.45) is 0 Å². The molecule has 0 radical (unpaired) electrons. The molecule has 1 aromatic carbocycles. The summed E-state index contributed by atoms with van der Waals surface area (Å²) in [5, 5.41) is -0.126. The van der Waals surface area contributed by atoms with Gasteiger partial charge >= 0.3 is 0 Å². The fourth-order valence-electron chi connectivity index (χ4n) is 1.91. The third-order valence-corrected chi connectivity index (χ3v) is 4.08. The van der Waals surface area contributed by atoms with Gasteiger partial charge < -0.3 is 4.90 Å². The molecule has 1 heterocycles. The van der Waals surface area contributed by atoms with Crippen molar-refractivity contribution in [2.75, 3.05) is 17.2 Å². The Kier molecular flexibility index (Phi) is 5.74. The predicted octanol–water partition coefficient (Wildman–Crippen LogP) is 2.90. The second-order valence-electron chi connectivity index (χ2n) is 4.80. The van der Waals surface area contributed by atoms with Gasteiger partial charge in [-0.1, -0.05) is 17.7 Å². The van der Waals surface area contributed by atoms with Crippen molar-refractivity contribution in [1.29, 1.82) is 0 Å². The van der Waals surface area contributed by atoms with Gasteiger partial charge in [-0.15, -0.1) is 0 Å². The van der Waals surface area contributed by atoms with E-state index < -0.39 is 10.1 Å². The SMILES string of the molecule is Cc1ccc(N(CCCS(=O)(=O)O)c2nc(Cl)nc(Cl)n2)cc1. The summed E-state index contributed by atoms with van der Waals surface area (Å²) in [6.07, 6.45) is 0.174. The van der Waals surface area contributed by atoms with Gasteiger partial charge in [0.25, 0.3) is 10.1 Å². The molecular formula is C13H14Cl2N4O3S. The number of rotatable bonds is 6. The highest BCUT2D eigenvalue weighted by atomic mass is 35.5. The van der Waals surface area contributed by atoms with Crippen molar-refractivity contribution in [3.63, 3.8) is 0 Å². The van der Waals surface area contributed by atoms with Gasteiger partial charge in [0.2, 0.25) is 16.5 Å². The lowest BCUT2D eigenvalue weighted by atomic mass is 10.2. The predicted molar refractivity (Wildman–Crippen MR) is 89.1 cm³/mol. The molecule has 2 rings (SSSR count). The number of aryl methyl sites for hydroxylation is 1. The van der Waals surface area contributed by atoms with Crippen molar-refractivity contribution < 1.29 is 13.0 Å². The molecule has 0 unspecified atom stereocenters. The molecule has 7 nitrogen and oxygen atoms in total. The highest BCUT2D eigenvalue weighted by Gasteiger charge is 2.16. The van der Waals surface area contributed by atoms with E-state index in [1.54, 1.807) is 4.90 Å². The minimum Gasteiger partial charge on any atom is -0.310 e. The minimum atomic E-state index is -4.04. The van der Waals surface area contributed by atoms with Crippen LogP contribution in [0.5, 0.6) is 0 Å². The van der Waals surface area contributed by atoms with Crippen LogP contribution in [0.1, 0.15) is 12.0 Å². The molecule has 1 aromatic heterocycles. The first-order valence-electron chi connectivity index (χ1n) is 6.61. The van der Waals surface area contributed by atoms with Gasteiger partial charge in [-0.2, -0.15) is 23.4 Å². The zero-order chi connectivity index (χ0) is 17.0. The molecule has 0 atom stereocenters. The molecule has 0 amide bonds. The average Bonchev–Trinajstić information content (AvgIpc) is 2.42. The Labute approximate surface area is 144 Å². The van der Waals surface area contributed by atoms with E-state index in [0.717, 1.165) is 11.3 Å². The fraction of sp³-hybridized carbons (Fsp3) is 0.308. The average molecular weight is 377 g/mol. The summed E-state index contributed by atoms with van der Waals surface area (Å²) in [5.41, 5.74) is 1.81. The third-order valence-electron chi connectivity index (χ3n) is 2.94. The first-order chi connectivity index (χ1) is 10.7. The monoisotopic (exact) mass is 376 g/mol. The van der Waals surface area contributed by atoms with Crippen molar-refractivity contribution in [2.45, 2.75) is 13.3 Å². The van der Waals surface area contributed by atoms with Gasteiger partial charge in [0.05, 0.1) is 5.75 Å². The molecule has 124 valence electrons. The largest absolute Gasteiger partial charge is 0.310 e. The van der Waals surface area contributed by atoms with E-state index in [2.05, 4.69) is 15.0 Å². The molecule has 0 spiro atoms. The van der Waals surface area contributed by atoms with Crippen LogP contribution in [0.15, 0.2) is 24.3 Å². The smallest absolute Gasteiger partial charge is 0.264 e. The molecule has 0 aliphatic rings. The van der Waals surface area contributed by atoms with Crippen molar-refractivity contribution in [3.8, 4) is 0 Å². The molecular weight excluding hydrogens is 363 g/mol. The number of anilines is 2. The first kappa shape index (κ1) is 17.9. The van der Waals surface area contributed by atoms with E-state index in [1.807, 2.05) is 31.2 Å². The number of aromatic nitrogens is 3. The van der Waals surface area contributed by atoms with Gasteiger partial charge in [0.15, 0.2) is 0 Å². The third kappa shape index (κ3) is 5.58. The summed E-state index contributed by atoms with van der Waals surface area (Å²) in [6.45, 7) is 2.20. The van der Waals surface area contributed by atoms with Crippen molar-refractivity contribution in [3.05, 3.63) is 40.4 Å². The molecule has 2 aromatic rings. The van der Waals surface area contributed by atoms with Crippen molar-refractivity contribution >= 4 is 45.0 Å². The summed E-state index contributed by atoms with van der Waals surface area (Å²) in [7, 11) is -4.04. The van der Waals surface area contributed by atoms with Crippen LogP contribution in [-0.2, 0) is 10.1 Å². The molecule has 23 heavy (non-hydrogen) atoms. The van der Waals surface area contributed by atoms with E-state index in [1.165, 1.54) is 0 Å². The molecule has 0 saturated carbocycles. The minimum absolute atomic E-state index is 0.0631. The molecule has 0 bridgehead atoms. The van der Waals surface area contributed by atoms with Crippen LogP contribution >= 0.6 is 23.2 Å². The van der Waals surface area contributed by atoms with Gasteiger partial charge in [0, 0.05) is 12.2 Å². The second-order valence-corrected chi connectivity index (χ2v) is 7.05. The maximum atomic E-state index is 10.9. The Morgan fingerprint density at radius 1 is 1.09 bits per heavy atom. The summed E-state index contributed by atoms with van der Waals surface area (Å²) < 4.78 is 30.7. The van der Waals surface area contributed by atoms with Crippen molar-refractivity contribution in [1.82, 2.24) is 15.0 Å². The van der Waals surface area contributed by atoms with Gasteiger partial charge in [0.1, 0.15) is 0 Å². The molecule has 0 aliphatic heterocycles. The van der Waals surface area contributed by atoms with Crippen LogP contribution in [0.25, 0.3) is 0 Å². The Morgan fingerprint density at radius 3 is 2.17 bits per heavy atom. The molecule has 0 fully saturated rings. The lowest BCUT2D eigenvalue weighted by molar-refractivity contribution is 0.481. The van der Waals surface area contributed by atoms with E-state index in [4.69, 9.17) is 27.8 Å². The number of nitrogens with zero attached hydrogens (tertiary/aromatic N) is 4. The summed E-state index contributed by atoms with van der Waals surface area (Å²) in [6, 6.07) is 7.48. The van der Waals surface area contributed by atoms with Crippen LogP contribution in [0.2, 0.25) is 10.6 Å². The van der Waals surface area contributed by atoms with Crippen LogP contribution in [-0.4, -0.2) is 40.2 Å². The Morgan fingerprint density at radius 2 is 1.65 bits per heavy atom. The number of hydrogen-bond acceptors (Lipinski definition) is 6. The Bertz CT molecular complexity index is 764. The molecule has 0 saturated heterocycles. The van der Waals surface area contributed by atoms with Gasteiger partial charge in [-0.3, -0.25) is 4.55 Å². The lowest BCUT2D eigenvalue weighted by Gasteiger charge is -2.22. The van der Waals surface area contributed by atoms with Gasteiger partial charge in [-0.05, 0) is 48.7 Å². The highest BCUT2D eigenvalue weighted by molar-refractivity contribution is 7.85. The fourth-order valence-corrected chi connectivity index (χ4v) is 2.76. The standard InChI is InChI=1S/C13H14Cl2N4O3S/c1-9-3-5-10(6-4-9)19(7-2-8-23(20,21)22)13-17-11(14)16-12(15)18-13/h3-6H,2,7-8H2,1H3,(H,20,21,22). The quantitative estimate of drug-likeness (QED) is 0.773. The molecule has 0 aliphatic carbocycles. The van der Waals surface area contributed by atoms with E-state index in [9.17, 15) is 8.42 Å². The number of benzene rings is 1. The van der Waals surface area contributed by atoms with Crippen LogP contribution in [0.4, 0.5) is 11.6 Å². The highest BCUT2D eigenvalue weighted by Crippen LogP contribution is 2.24. The number of hydrogen-bond donors (Lipinski definition) is 1. The maximum absolute atomic E-state index is 10.9. The topological polar surface area (TPSA) is 96.3 Å². The lowest BCUT2D eigenvalue weighted by Crippen LogP contribution is -2.23. The molecule has 1 N–H and O–H groups in total. The Hall–Kier alpha value is -1.48. The normalized spacial score (nSPS) is 11.5. The maximum Gasteiger partial charge on any atom is 0.264 e. The van der Waals surface area contributed by atoms with Crippen LogP contribution < -0.4 is 4.90 Å². The summed E-state index contributed by atoms with van der Waals surface area (Å²) in [4.78, 5) is 13.4. The van der Waals surface area contributed by atoms with E-state index >= 15 is 0 Å². The number of halogens is 2. The van der Waals surface area contributed by atoms with E-state index in [-0.39, 0.29) is 35.2 Å². The Balaban J connectivity index is 2.32. The van der Waals surface area contributed by atoms with Gasteiger partial charge in [-0.25, -0.2) is 0 Å². The van der Waals surface area contributed by atoms with Crippen LogP contribution in [0, 0.1) is 6.92 Å². The summed E-state index contributed by atoms with van der Waals surface area (Å²) in [5.74, 6) is -0.170. The van der Waals surface area contributed by atoms with Crippen LogP contribution in [0.3, 0.4) is 0 Å². The zero-order valence-electron chi connectivity index (χ0n) is 12.1. The van der Waals surface area contributed by atoms with E-state index in [0.29, 0.717) is 0 Å². The second kappa shape index (κ2) is 7.39. The molecule has 10 heteroatoms.